The van der Waals surface area contributed by atoms with Gasteiger partial charge in [0.1, 0.15) is 5.76 Å². The molecule has 0 fully saturated rings. The molecule has 7 heteroatoms. The minimum Gasteiger partial charge on any atom is -0.467 e. The number of amides is 1. The van der Waals surface area contributed by atoms with Crippen LogP contribution in [0.4, 0.5) is 0 Å². The zero-order chi connectivity index (χ0) is 18.4. The number of ether oxygens (including phenoxy) is 1. The van der Waals surface area contributed by atoms with E-state index in [4.69, 9.17) is 9.15 Å². The molecule has 0 unspecified atom stereocenters. The Morgan fingerprint density at radius 2 is 2.00 bits per heavy atom. The quantitative estimate of drug-likeness (QED) is 0.501. The molecular formula is C19H17N3O4. The van der Waals surface area contributed by atoms with Crippen LogP contribution >= 0.6 is 0 Å². The number of carbonyl (C=O) groups is 2. The van der Waals surface area contributed by atoms with Crippen LogP contribution in [0, 0.1) is 0 Å². The van der Waals surface area contributed by atoms with Gasteiger partial charge in [-0.15, -0.1) is 0 Å². The number of rotatable bonds is 6. The van der Waals surface area contributed by atoms with Crippen molar-refractivity contribution in [1.29, 1.82) is 0 Å². The van der Waals surface area contributed by atoms with Crippen molar-refractivity contribution < 1.29 is 18.7 Å². The molecule has 0 aliphatic rings. The topological polar surface area (TPSA) is 85.5 Å². The van der Waals surface area contributed by atoms with Crippen LogP contribution in [0.5, 0.6) is 0 Å². The van der Waals surface area contributed by atoms with Gasteiger partial charge in [-0.25, -0.2) is 9.78 Å². The number of carbonyl (C=O) groups excluding carboxylic acids is 2. The smallest absolute Gasteiger partial charge is 0.331 e. The summed E-state index contributed by atoms with van der Waals surface area (Å²) in [6, 6.07) is 10.9. The van der Waals surface area contributed by atoms with Gasteiger partial charge in [-0.1, -0.05) is 12.1 Å². The van der Waals surface area contributed by atoms with Crippen molar-refractivity contribution in [3.8, 4) is 0 Å². The first kappa shape index (κ1) is 17.3. The third kappa shape index (κ3) is 4.54. The Balaban J connectivity index is 1.51. The third-order valence-corrected chi connectivity index (χ3v) is 3.59. The highest BCUT2D eigenvalue weighted by atomic mass is 16.5. The molecular weight excluding hydrogens is 334 g/mol. The molecule has 7 nitrogen and oxygen atoms in total. The van der Waals surface area contributed by atoms with E-state index in [0.717, 1.165) is 11.0 Å². The summed E-state index contributed by atoms with van der Waals surface area (Å²) in [5.41, 5.74) is 2.04. The van der Waals surface area contributed by atoms with Crippen LogP contribution in [0.1, 0.15) is 11.5 Å². The summed E-state index contributed by atoms with van der Waals surface area (Å²) >= 11 is 0. The lowest BCUT2D eigenvalue weighted by Crippen LogP contribution is -2.30. The van der Waals surface area contributed by atoms with Crippen LogP contribution in [0.3, 0.4) is 0 Å². The lowest BCUT2D eigenvalue weighted by Gasteiger charge is -2.15. The van der Waals surface area contributed by atoms with Gasteiger partial charge >= 0.3 is 5.97 Å². The molecule has 0 saturated carbocycles. The number of likely N-dealkylation sites (N-methyl/N-ethyl adjacent to an activating group) is 1. The summed E-state index contributed by atoms with van der Waals surface area (Å²) in [5, 5.41) is 0. The maximum absolute atomic E-state index is 12.0. The average molecular weight is 351 g/mol. The fourth-order valence-corrected chi connectivity index (χ4v) is 2.22. The highest BCUT2D eigenvalue weighted by molar-refractivity contribution is 5.89. The van der Waals surface area contributed by atoms with Gasteiger partial charge in [0, 0.05) is 13.1 Å². The van der Waals surface area contributed by atoms with E-state index in [1.165, 1.54) is 23.3 Å². The monoisotopic (exact) mass is 351 g/mol. The van der Waals surface area contributed by atoms with Crippen LogP contribution in [-0.4, -0.2) is 40.4 Å². The van der Waals surface area contributed by atoms with Crippen molar-refractivity contribution in [3.05, 3.63) is 66.4 Å². The van der Waals surface area contributed by atoms with Crippen molar-refractivity contribution in [2.45, 2.75) is 6.54 Å². The molecule has 0 bridgehead atoms. The molecule has 0 aliphatic carbocycles. The number of fused-ring (bicyclic) bond motifs is 1. The summed E-state index contributed by atoms with van der Waals surface area (Å²) < 4.78 is 10.1. The van der Waals surface area contributed by atoms with Gasteiger partial charge in [0.2, 0.25) is 0 Å². The van der Waals surface area contributed by atoms with E-state index < -0.39 is 5.97 Å². The molecule has 0 radical (unpaired) electrons. The van der Waals surface area contributed by atoms with Gasteiger partial charge < -0.3 is 14.1 Å². The van der Waals surface area contributed by atoms with Crippen LogP contribution in [-0.2, 0) is 20.9 Å². The van der Waals surface area contributed by atoms with Gasteiger partial charge in [-0.3, -0.25) is 9.78 Å². The van der Waals surface area contributed by atoms with Crippen molar-refractivity contribution in [1.82, 2.24) is 14.9 Å². The standard InChI is InChI=1S/C19H17N3O4/c1-22(12-15-5-4-10-25-15)18(23)13-26-19(24)9-8-14-11-20-16-6-2-3-7-17(16)21-14/h2-11H,12-13H2,1H3/b9-8+. The summed E-state index contributed by atoms with van der Waals surface area (Å²) in [4.78, 5) is 33.8. The summed E-state index contributed by atoms with van der Waals surface area (Å²) in [7, 11) is 1.61. The summed E-state index contributed by atoms with van der Waals surface area (Å²) in [6.07, 6.45) is 5.82. The van der Waals surface area contributed by atoms with Crippen molar-refractivity contribution in [2.75, 3.05) is 13.7 Å². The van der Waals surface area contributed by atoms with Crippen molar-refractivity contribution >= 4 is 29.0 Å². The van der Waals surface area contributed by atoms with Gasteiger partial charge in [-0.2, -0.15) is 0 Å². The number of nitrogens with zero attached hydrogens (tertiary/aromatic N) is 3. The van der Waals surface area contributed by atoms with E-state index in [2.05, 4.69) is 9.97 Å². The Labute approximate surface area is 149 Å². The lowest BCUT2D eigenvalue weighted by atomic mass is 10.3. The SMILES string of the molecule is CN(Cc1ccco1)C(=O)COC(=O)/C=C/c1cnc2ccccc2n1. The minimum absolute atomic E-state index is 0.311. The third-order valence-electron chi connectivity index (χ3n) is 3.59. The van der Waals surface area contributed by atoms with E-state index in [0.29, 0.717) is 18.0 Å². The lowest BCUT2D eigenvalue weighted by molar-refractivity contribution is -0.147. The minimum atomic E-state index is -0.625. The van der Waals surface area contributed by atoms with E-state index in [-0.39, 0.29) is 12.5 Å². The molecule has 1 amide bonds. The Hall–Kier alpha value is -3.48. The second kappa shape index (κ2) is 8.06. The normalized spacial score (nSPS) is 11.0. The van der Waals surface area contributed by atoms with Crippen LogP contribution in [0.25, 0.3) is 17.1 Å². The zero-order valence-corrected chi connectivity index (χ0v) is 14.2. The second-order valence-corrected chi connectivity index (χ2v) is 5.55. The first-order valence-electron chi connectivity index (χ1n) is 7.95. The molecule has 132 valence electrons. The molecule has 0 saturated heterocycles. The zero-order valence-electron chi connectivity index (χ0n) is 14.2. The average Bonchev–Trinajstić information content (AvgIpc) is 3.17. The molecule has 3 aromatic rings. The Bertz CT molecular complexity index is 935. The fraction of sp³-hybridized carbons (Fsp3) is 0.158. The van der Waals surface area contributed by atoms with Gasteiger partial charge in [0.25, 0.3) is 5.91 Å². The molecule has 2 aromatic heterocycles. The van der Waals surface area contributed by atoms with Crippen LogP contribution < -0.4 is 0 Å². The molecule has 2 heterocycles. The highest BCUT2D eigenvalue weighted by Gasteiger charge is 2.12. The van der Waals surface area contributed by atoms with E-state index in [9.17, 15) is 9.59 Å². The Morgan fingerprint density at radius 3 is 2.77 bits per heavy atom. The molecule has 0 N–H and O–H groups in total. The molecule has 0 spiro atoms. The highest BCUT2D eigenvalue weighted by Crippen LogP contribution is 2.09. The molecule has 0 atom stereocenters. The molecule has 0 aliphatic heterocycles. The predicted octanol–water partition coefficient (Wildman–Crippen LogP) is 2.44. The summed E-state index contributed by atoms with van der Waals surface area (Å²) in [6.45, 7) is -0.0321. The maximum Gasteiger partial charge on any atom is 0.331 e. The summed E-state index contributed by atoms with van der Waals surface area (Å²) in [5.74, 6) is -0.296. The molecule has 1 aromatic carbocycles. The molecule has 3 rings (SSSR count). The predicted molar refractivity (Wildman–Crippen MR) is 94.7 cm³/mol. The number of benzene rings is 1. The van der Waals surface area contributed by atoms with Crippen LogP contribution in [0.15, 0.2) is 59.4 Å². The number of hydrogen-bond donors (Lipinski definition) is 0. The van der Waals surface area contributed by atoms with Gasteiger partial charge in [0.05, 0.1) is 35.7 Å². The Morgan fingerprint density at radius 1 is 1.19 bits per heavy atom. The van der Waals surface area contributed by atoms with E-state index >= 15 is 0 Å². The van der Waals surface area contributed by atoms with Crippen molar-refractivity contribution in [2.24, 2.45) is 0 Å². The number of furan rings is 1. The number of para-hydroxylation sites is 2. The van der Waals surface area contributed by atoms with Gasteiger partial charge in [0.15, 0.2) is 6.61 Å². The number of hydrogen-bond acceptors (Lipinski definition) is 6. The van der Waals surface area contributed by atoms with Crippen LogP contribution in [0.2, 0.25) is 0 Å². The van der Waals surface area contributed by atoms with E-state index in [1.807, 2.05) is 24.3 Å². The number of esters is 1. The van der Waals surface area contributed by atoms with Gasteiger partial charge in [-0.05, 0) is 30.3 Å². The van der Waals surface area contributed by atoms with E-state index in [1.54, 1.807) is 25.4 Å². The fourth-order valence-electron chi connectivity index (χ4n) is 2.22. The molecule has 26 heavy (non-hydrogen) atoms. The first-order valence-corrected chi connectivity index (χ1v) is 7.95. The maximum atomic E-state index is 12.0. The van der Waals surface area contributed by atoms with Crippen molar-refractivity contribution in [3.63, 3.8) is 0 Å². The first-order chi connectivity index (χ1) is 12.6. The second-order valence-electron chi connectivity index (χ2n) is 5.55. The Kier molecular flexibility index (Phi) is 5.38. The number of aromatic nitrogens is 2. The largest absolute Gasteiger partial charge is 0.467 e.